The maximum Gasteiger partial charge on any atom is 0.160 e. The van der Waals surface area contributed by atoms with Crippen LogP contribution in [0.4, 0.5) is 0 Å². The van der Waals surface area contributed by atoms with Crippen LogP contribution in [0.1, 0.15) is 22.3 Å². The maximum atomic E-state index is 5.05. The van der Waals surface area contributed by atoms with Crippen molar-refractivity contribution in [2.45, 2.75) is 15.2 Å². The molecule has 1 aromatic heterocycles. The lowest BCUT2D eigenvalue weighted by atomic mass is 9.67. The van der Waals surface area contributed by atoms with Crippen LogP contribution in [0.15, 0.2) is 192 Å². The quantitative estimate of drug-likeness (QED) is 0.189. The highest BCUT2D eigenvalue weighted by atomic mass is 32.2. The summed E-state index contributed by atoms with van der Waals surface area (Å²) in [7, 11) is 0. The highest BCUT2D eigenvalue weighted by Gasteiger charge is 2.50. The van der Waals surface area contributed by atoms with Gasteiger partial charge in [-0.3, -0.25) is 0 Å². The molecule has 2 heterocycles. The Hall–Kier alpha value is -6.03. The van der Waals surface area contributed by atoms with E-state index in [1.165, 1.54) is 54.3 Å². The first-order valence-electron chi connectivity index (χ1n) is 17.0. The van der Waals surface area contributed by atoms with Gasteiger partial charge in [-0.25, -0.2) is 9.97 Å². The van der Waals surface area contributed by atoms with Gasteiger partial charge in [-0.1, -0.05) is 169 Å². The van der Waals surface area contributed by atoms with Gasteiger partial charge in [0.15, 0.2) is 5.82 Å². The molecule has 0 saturated carbocycles. The molecule has 1 aliphatic carbocycles. The summed E-state index contributed by atoms with van der Waals surface area (Å²) in [5.41, 5.74) is 15.0. The van der Waals surface area contributed by atoms with E-state index >= 15 is 0 Å². The van der Waals surface area contributed by atoms with Crippen molar-refractivity contribution in [1.82, 2.24) is 9.97 Å². The molecule has 0 atom stereocenters. The van der Waals surface area contributed by atoms with E-state index in [0.717, 1.165) is 33.9 Å². The molecular weight excluding hydrogens is 625 g/mol. The van der Waals surface area contributed by atoms with E-state index in [9.17, 15) is 0 Å². The lowest BCUT2D eigenvalue weighted by Gasteiger charge is -2.39. The summed E-state index contributed by atoms with van der Waals surface area (Å²) in [6.45, 7) is 0. The smallest absolute Gasteiger partial charge is 0.160 e. The lowest BCUT2D eigenvalue weighted by molar-refractivity contribution is 0.722. The summed E-state index contributed by atoms with van der Waals surface area (Å²) in [6, 6.07) is 65.5. The van der Waals surface area contributed by atoms with E-state index < -0.39 is 0 Å². The molecule has 50 heavy (non-hydrogen) atoms. The molecule has 1 spiro atoms. The van der Waals surface area contributed by atoms with Gasteiger partial charge in [0.1, 0.15) is 0 Å². The zero-order chi connectivity index (χ0) is 33.1. The summed E-state index contributed by atoms with van der Waals surface area (Å²) in [4.78, 5) is 12.7. The fourth-order valence-corrected chi connectivity index (χ4v) is 9.13. The van der Waals surface area contributed by atoms with Crippen LogP contribution in [0.5, 0.6) is 0 Å². The zero-order valence-corrected chi connectivity index (χ0v) is 27.9. The molecule has 1 aliphatic heterocycles. The fourth-order valence-electron chi connectivity index (χ4n) is 7.94. The van der Waals surface area contributed by atoms with Gasteiger partial charge >= 0.3 is 0 Å². The number of hydrogen-bond acceptors (Lipinski definition) is 3. The molecule has 8 aromatic rings. The molecule has 0 unspecified atom stereocenters. The maximum absolute atomic E-state index is 5.05. The van der Waals surface area contributed by atoms with Gasteiger partial charge in [-0.05, 0) is 68.8 Å². The van der Waals surface area contributed by atoms with Crippen molar-refractivity contribution >= 4 is 11.8 Å². The van der Waals surface area contributed by atoms with E-state index in [2.05, 4.69) is 158 Å². The first-order chi connectivity index (χ1) is 24.8. The Morgan fingerprint density at radius 2 is 0.820 bits per heavy atom. The third kappa shape index (κ3) is 4.44. The van der Waals surface area contributed by atoms with Crippen LogP contribution in [0.3, 0.4) is 0 Å². The third-order valence-corrected chi connectivity index (χ3v) is 11.3. The minimum Gasteiger partial charge on any atom is -0.228 e. The number of fused-ring (bicyclic) bond motifs is 9. The zero-order valence-electron chi connectivity index (χ0n) is 27.1. The van der Waals surface area contributed by atoms with Crippen molar-refractivity contribution in [3.63, 3.8) is 0 Å². The number of hydrogen-bond donors (Lipinski definition) is 0. The Morgan fingerprint density at radius 3 is 1.48 bits per heavy atom. The Morgan fingerprint density at radius 1 is 0.340 bits per heavy atom. The Labute approximate surface area is 296 Å². The van der Waals surface area contributed by atoms with E-state index in [4.69, 9.17) is 9.97 Å². The van der Waals surface area contributed by atoms with Crippen LogP contribution in [0.2, 0.25) is 0 Å². The minimum absolute atomic E-state index is 0.354. The Balaban J connectivity index is 1.09. The standard InChI is InChI=1S/C47H30N2S/c1-3-13-32(14-4-1)42-30-43(49-46(48-42)34-15-5-2-6-16-34)33-25-23-31(24-26-33)35-27-28-39-37(29-35)36-17-7-8-18-38(36)47(39)40-19-9-11-21-44(40)50-45-22-12-10-20-41(45)47/h1-30H. The van der Waals surface area contributed by atoms with Gasteiger partial charge in [-0.2, -0.15) is 0 Å². The Bertz CT molecular complexity index is 2450. The van der Waals surface area contributed by atoms with Crippen molar-refractivity contribution in [3.8, 4) is 56.2 Å². The molecular formula is C47H30N2S. The molecule has 0 saturated heterocycles. The summed E-state index contributed by atoms with van der Waals surface area (Å²) >= 11 is 1.88. The average Bonchev–Trinajstić information content (AvgIpc) is 3.48. The first kappa shape index (κ1) is 28.9. The van der Waals surface area contributed by atoms with Crippen molar-refractivity contribution in [2.75, 3.05) is 0 Å². The lowest BCUT2D eigenvalue weighted by Crippen LogP contribution is -2.31. The van der Waals surface area contributed by atoms with E-state index in [1.807, 2.05) is 36.0 Å². The highest BCUT2D eigenvalue weighted by Crippen LogP contribution is 2.62. The predicted molar refractivity (Wildman–Crippen MR) is 205 cm³/mol. The van der Waals surface area contributed by atoms with Crippen LogP contribution in [-0.4, -0.2) is 9.97 Å². The molecule has 0 radical (unpaired) electrons. The van der Waals surface area contributed by atoms with Crippen molar-refractivity contribution in [2.24, 2.45) is 0 Å². The van der Waals surface area contributed by atoms with Gasteiger partial charge in [0.2, 0.25) is 0 Å². The van der Waals surface area contributed by atoms with Crippen molar-refractivity contribution < 1.29 is 0 Å². The normalized spacial score (nSPS) is 13.3. The van der Waals surface area contributed by atoms with Gasteiger partial charge < -0.3 is 0 Å². The highest BCUT2D eigenvalue weighted by molar-refractivity contribution is 7.99. The topological polar surface area (TPSA) is 25.8 Å². The molecule has 0 N–H and O–H groups in total. The van der Waals surface area contributed by atoms with Crippen LogP contribution < -0.4 is 0 Å². The first-order valence-corrected chi connectivity index (χ1v) is 17.8. The van der Waals surface area contributed by atoms with Crippen molar-refractivity contribution in [1.29, 1.82) is 0 Å². The summed E-state index contributed by atoms with van der Waals surface area (Å²) in [6.07, 6.45) is 0. The number of nitrogens with zero attached hydrogens (tertiary/aromatic N) is 2. The third-order valence-electron chi connectivity index (χ3n) is 10.2. The molecule has 0 fully saturated rings. The van der Waals surface area contributed by atoms with E-state index in [1.54, 1.807) is 0 Å². The van der Waals surface area contributed by atoms with Gasteiger partial charge in [0.05, 0.1) is 16.8 Å². The number of rotatable bonds is 4. The summed E-state index contributed by atoms with van der Waals surface area (Å²) in [5.74, 6) is 0.724. The number of aromatic nitrogens is 2. The molecule has 0 amide bonds. The summed E-state index contributed by atoms with van der Waals surface area (Å²) in [5, 5.41) is 0. The molecule has 3 heteroatoms. The van der Waals surface area contributed by atoms with Crippen LogP contribution >= 0.6 is 11.8 Å². The average molecular weight is 655 g/mol. The molecule has 7 aromatic carbocycles. The van der Waals surface area contributed by atoms with E-state index in [-0.39, 0.29) is 5.41 Å². The molecule has 0 bridgehead atoms. The van der Waals surface area contributed by atoms with E-state index in [0.29, 0.717) is 0 Å². The van der Waals surface area contributed by atoms with Crippen LogP contribution in [0, 0.1) is 0 Å². The minimum atomic E-state index is -0.354. The van der Waals surface area contributed by atoms with Crippen LogP contribution in [-0.2, 0) is 5.41 Å². The van der Waals surface area contributed by atoms with Gasteiger partial charge in [-0.15, -0.1) is 0 Å². The molecule has 2 nitrogen and oxygen atoms in total. The second-order valence-corrected chi connectivity index (χ2v) is 14.0. The number of benzene rings is 7. The molecule has 234 valence electrons. The predicted octanol–water partition coefficient (Wildman–Crippen LogP) is 12.0. The second-order valence-electron chi connectivity index (χ2n) is 12.9. The summed E-state index contributed by atoms with van der Waals surface area (Å²) < 4.78 is 0. The van der Waals surface area contributed by atoms with Gasteiger partial charge in [0, 0.05) is 26.5 Å². The molecule has 2 aliphatic rings. The largest absolute Gasteiger partial charge is 0.228 e. The SMILES string of the molecule is c1ccc(-c2cc(-c3ccc(-c4ccc5c(c4)-c4ccccc4C54c5ccccc5Sc5ccccc54)cc3)nc(-c3ccccc3)n2)cc1. The Kier molecular flexibility index (Phi) is 6.68. The second kappa shape index (κ2) is 11.5. The monoisotopic (exact) mass is 654 g/mol. The molecule has 10 rings (SSSR count). The fraction of sp³-hybridized carbons (Fsp3) is 0.0213. The van der Waals surface area contributed by atoms with Crippen molar-refractivity contribution in [3.05, 3.63) is 204 Å². The van der Waals surface area contributed by atoms with Gasteiger partial charge in [0.25, 0.3) is 0 Å². The van der Waals surface area contributed by atoms with Crippen LogP contribution in [0.25, 0.3) is 56.2 Å².